The zero-order chi connectivity index (χ0) is 13.7. The predicted octanol–water partition coefficient (Wildman–Crippen LogP) is 2.87. The van der Waals surface area contributed by atoms with Crippen molar-refractivity contribution in [3.05, 3.63) is 29.8 Å². The second-order valence-electron chi connectivity index (χ2n) is 5.54. The summed E-state index contributed by atoms with van der Waals surface area (Å²) in [6, 6.07) is 8.09. The van der Waals surface area contributed by atoms with Gasteiger partial charge >= 0.3 is 0 Å². The van der Waals surface area contributed by atoms with Crippen molar-refractivity contribution >= 4 is 0 Å². The lowest BCUT2D eigenvalue weighted by molar-refractivity contribution is 0.202. The fourth-order valence-corrected chi connectivity index (χ4v) is 2.96. The summed E-state index contributed by atoms with van der Waals surface area (Å²) in [5, 5.41) is 9.38. The minimum absolute atomic E-state index is 0.346. The molecule has 0 aromatic heterocycles. The van der Waals surface area contributed by atoms with Gasteiger partial charge in [-0.1, -0.05) is 19.1 Å². The van der Waals surface area contributed by atoms with Crippen molar-refractivity contribution in [3.8, 4) is 5.75 Å². The molecule has 0 saturated carbocycles. The highest BCUT2D eigenvalue weighted by Gasteiger charge is 2.17. The average Bonchev–Trinajstić information content (AvgIpc) is 2.92. The molecule has 1 saturated heterocycles. The van der Waals surface area contributed by atoms with E-state index >= 15 is 0 Å². The summed E-state index contributed by atoms with van der Waals surface area (Å²) in [7, 11) is 2.21. The first-order valence-corrected chi connectivity index (χ1v) is 7.42. The quantitative estimate of drug-likeness (QED) is 0.854. The number of rotatable bonds is 6. The molecule has 2 rings (SSSR count). The van der Waals surface area contributed by atoms with Crippen molar-refractivity contribution in [2.75, 3.05) is 33.2 Å². The van der Waals surface area contributed by atoms with Gasteiger partial charge in [-0.05, 0) is 57.1 Å². The molecule has 0 spiro atoms. The first kappa shape index (κ1) is 14.4. The van der Waals surface area contributed by atoms with E-state index in [1.807, 2.05) is 12.1 Å². The van der Waals surface area contributed by atoms with Crippen LogP contribution in [-0.2, 0) is 0 Å². The van der Waals surface area contributed by atoms with Crippen LogP contribution in [0.4, 0.5) is 0 Å². The number of benzene rings is 1. The van der Waals surface area contributed by atoms with Gasteiger partial charge in [0.15, 0.2) is 0 Å². The molecule has 1 atom stereocenters. The van der Waals surface area contributed by atoms with Gasteiger partial charge in [-0.25, -0.2) is 0 Å². The van der Waals surface area contributed by atoms with E-state index in [4.69, 9.17) is 0 Å². The Labute approximate surface area is 116 Å². The van der Waals surface area contributed by atoms with E-state index in [-0.39, 0.29) is 0 Å². The highest BCUT2D eigenvalue weighted by molar-refractivity contribution is 5.28. The number of hydrogen-bond acceptors (Lipinski definition) is 3. The van der Waals surface area contributed by atoms with E-state index in [2.05, 4.69) is 23.8 Å². The van der Waals surface area contributed by atoms with E-state index in [9.17, 15) is 5.11 Å². The maximum atomic E-state index is 9.38. The smallest absolute Gasteiger partial charge is 0.115 e. The summed E-state index contributed by atoms with van der Waals surface area (Å²) in [6.07, 6.45) is 3.82. The lowest BCUT2D eigenvalue weighted by Crippen LogP contribution is -2.33. The lowest BCUT2D eigenvalue weighted by Gasteiger charge is -2.29. The van der Waals surface area contributed by atoms with Gasteiger partial charge in [0.1, 0.15) is 5.75 Å². The first-order valence-electron chi connectivity index (χ1n) is 7.42. The monoisotopic (exact) mass is 262 g/mol. The van der Waals surface area contributed by atoms with Gasteiger partial charge in [0.2, 0.25) is 0 Å². The molecule has 1 aliphatic rings. The van der Waals surface area contributed by atoms with Crippen molar-refractivity contribution in [3.63, 3.8) is 0 Å². The Bertz CT molecular complexity index is 371. The van der Waals surface area contributed by atoms with Gasteiger partial charge in [0.25, 0.3) is 0 Å². The van der Waals surface area contributed by atoms with Gasteiger partial charge in [-0.3, -0.25) is 4.90 Å². The van der Waals surface area contributed by atoms with E-state index in [0.29, 0.717) is 11.8 Å². The maximum absolute atomic E-state index is 9.38. The second kappa shape index (κ2) is 6.92. The molecule has 0 bridgehead atoms. The molecular weight excluding hydrogens is 236 g/mol. The largest absolute Gasteiger partial charge is 0.508 e. The van der Waals surface area contributed by atoms with Crippen LogP contribution >= 0.6 is 0 Å². The van der Waals surface area contributed by atoms with Crippen molar-refractivity contribution in [1.82, 2.24) is 9.80 Å². The minimum atomic E-state index is 0.346. The standard InChI is InChI=1S/C16H26N2O/c1-3-16(14-6-8-15(19)9-7-14)17(2)12-13-18-10-4-5-11-18/h6-9,16,19H,3-5,10-13H2,1-2H3. The van der Waals surface area contributed by atoms with E-state index in [1.54, 1.807) is 12.1 Å². The summed E-state index contributed by atoms with van der Waals surface area (Å²) in [5.74, 6) is 0.346. The highest BCUT2D eigenvalue weighted by Crippen LogP contribution is 2.24. The van der Waals surface area contributed by atoms with Gasteiger partial charge in [-0.15, -0.1) is 0 Å². The summed E-state index contributed by atoms with van der Waals surface area (Å²) >= 11 is 0. The Morgan fingerprint density at radius 1 is 1.21 bits per heavy atom. The van der Waals surface area contributed by atoms with Crippen LogP contribution in [0.15, 0.2) is 24.3 Å². The zero-order valence-electron chi connectivity index (χ0n) is 12.2. The molecule has 1 unspecified atom stereocenters. The molecule has 1 aliphatic heterocycles. The van der Waals surface area contributed by atoms with Gasteiger partial charge in [0, 0.05) is 19.1 Å². The van der Waals surface area contributed by atoms with Gasteiger partial charge in [0.05, 0.1) is 0 Å². The zero-order valence-corrected chi connectivity index (χ0v) is 12.2. The average molecular weight is 262 g/mol. The third kappa shape index (κ3) is 3.95. The SMILES string of the molecule is CCC(c1ccc(O)cc1)N(C)CCN1CCCC1. The Morgan fingerprint density at radius 3 is 2.42 bits per heavy atom. The summed E-state index contributed by atoms with van der Waals surface area (Å²) in [6.45, 7) is 7.04. The molecule has 1 heterocycles. The van der Waals surface area contributed by atoms with E-state index in [1.165, 1.54) is 38.0 Å². The number of phenolic OH excluding ortho intramolecular Hbond substituents is 1. The molecule has 1 aromatic carbocycles. The van der Waals surface area contributed by atoms with Crippen LogP contribution < -0.4 is 0 Å². The Kier molecular flexibility index (Phi) is 5.23. The van der Waals surface area contributed by atoms with E-state index in [0.717, 1.165) is 13.0 Å². The molecule has 0 aliphatic carbocycles. The molecule has 1 fully saturated rings. The molecule has 3 heteroatoms. The molecular formula is C16H26N2O. The molecule has 106 valence electrons. The highest BCUT2D eigenvalue weighted by atomic mass is 16.3. The first-order chi connectivity index (χ1) is 9.20. The van der Waals surface area contributed by atoms with Crippen molar-refractivity contribution in [2.45, 2.75) is 32.2 Å². The molecule has 19 heavy (non-hydrogen) atoms. The minimum Gasteiger partial charge on any atom is -0.508 e. The number of likely N-dealkylation sites (N-methyl/N-ethyl adjacent to an activating group) is 1. The summed E-state index contributed by atoms with van der Waals surface area (Å²) < 4.78 is 0. The Morgan fingerprint density at radius 2 is 1.84 bits per heavy atom. The van der Waals surface area contributed by atoms with Crippen molar-refractivity contribution in [1.29, 1.82) is 0 Å². The van der Waals surface area contributed by atoms with Crippen LogP contribution in [-0.4, -0.2) is 48.1 Å². The number of phenols is 1. The van der Waals surface area contributed by atoms with Crippen molar-refractivity contribution < 1.29 is 5.11 Å². The number of aromatic hydroxyl groups is 1. The van der Waals surface area contributed by atoms with Crippen LogP contribution in [0, 0.1) is 0 Å². The topological polar surface area (TPSA) is 26.7 Å². The second-order valence-corrected chi connectivity index (χ2v) is 5.54. The Hall–Kier alpha value is -1.06. The predicted molar refractivity (Wildman–Crippen MR) is 79.4 cm³/mol. The fraction of sp³-hybridized carbons (Fsp3) is 0.625. The van der Waals surface area contributed by atoms with Crippen LogP contribution in [0.1, 0.15) is 37.8 Å². The lowest BCUT2D eigenvalue weighted by atomic mass is 10.0. The third-order valence-corrected chi connectivity index (χ3v) is 4.16. The molecule has 0 radical (unpaired) electrons. The maximum Gasteiger partial charge on any atom is 0.115 e. The van der Waals surface area contributed by atoms with E-state index < -0.39 is 0 Å². The normalized spacial score (nSPS) is 18.1. The molecule has 0 amide bonds. The summed E-state index contributed by atoms with van der Waals surface area (Å²) in [4.78, 5) is 4.99. The Balaban J connectivity index is 1.90. The number of likely N-dealkylation sites (tertiary alicyclic amines) is 1. The molecule has 1 N–H and O–H groups in total. The molecule has 1 aromatic rings. The van der Waals surface area contributed by atoms with Crippen LogP contribution in [0.3, 0.4) is 0 Å². The molecule has 3 nitrogen and oxygen atoms in total. The van der Waals surface area contributed by atoms with Gasteiger partial charge < -0.3 is 10.0 Å². The van der Waals surface area contributed by atoms with Crippen LogP contribution in [0.25, 0.3) is 0 Å². The van der Waals surface area contributed by atoms with Gasteiger partial charge in [-0.2, -0.15) is 0 Å². The number of hydrogen-bond donors (Lipinski definition) is 1. The number of nitrogens with zero attached hydrogens (tertiary/aromatic N) is 2. The van der Waals surface area contributed by atoms with Crippen molar-refractivity contribution in [2.24, 2.45) is 0 Å². The van der Waals surface area contributed by atoms with Crippen LogP contribution in [0.2, 0.25) is 0 Å². The summed E-state index contributed by atoms with van der Waals surface area (Å²) in [5.41, 5.74) is 1.30. The van der Waals surface area contributed by atoms with Crippen LogP contribution in [0.5, 0.6) is 5.75 Å². The fourth-order valence-electron chi connectivity index (χ4n) is 2.96. The third-order valence-electron chi connectivity index (χ3n) is 4.16.